The minimum absolute atomic E-state index is 0.402. The van der Waals surface area contributed by atoms with Gasteiger partial charge in [-0.3, -0.25) is 4.98 Å². The quantitative estimate of drug-likeness (QED) is 0.577. The summed E-state index contributed by atoms with van der Waals surface area (Å²) in [6, 6.07) is 13.6. The molecular weight excluding hydrogens is 310 g/mol. The molecule has 0 radical (unpaired) electrons. The van der Waals surface area contributed by atoms with Crippen LogP contribution in [0, 0.1) is 6.92 Å². The minimum atomic E-state index is 0.402. The van der Waals surface area contributed by atoms with Gasteiger partial charge in [-0.15, -0.1) is 10.2 Å². The maximum atomic E-state index is 5.76. The van der Waals surface area contributed by atoms with Crippen LogP contribution in [0.3, 0.4) is 0 Å². The van der Waals surface area contributed by atoms with Crippen molar-refractivity contribution in [3.05, 3.63) is 59.2 Å². The topological polar surface area (TPSA) is 65.2 Å². The summed E-state index contributed by atoms with van der Waals surface area (Å²) in [6.45, 7) is 2.45. The van der Waals surface area contributed by atoms with Crippen molar-refractivity contribution >= 4 is 16.3 Å². The number of ether oxygens (including phenoxy) is 1. The molecule has 3 heterocycles. The number of aromatic nitrogens is 5. The van der Waals surface area contributed by atoms with E-state index in [1.807, 2.05) is 49.4 Å². The van der Waals surface area contributed by atoms with E-state index >= 15 is 0 Å². The minimum Gasteiger partial charge on any atom is -0.486 e. The fourth-order valence-corrected chi connectivity index (χ4v) is 2.90. The fourth-order valence-electron chi connectivity index (χ4n) is 2.15. The summed E-state index contributed by atoms with van der Waals surface area (Å²) in [4.78, 5) is 5.02. The van der Waals surface area contributed by atoms with Gasteiger partial charge >= 0.3 is 0 Å². The van der Waals surface area contributed by atoms with Gasteiger partial charge in [-0.1, -0.05) is 35.1 Å². The third-order valence-corrected chi connectivity index (χ3v) is 4.18. The van der Waals surface area contributed by atoms with E-state index in [1.54, 1.807) is 10.7 Å². The standard InChI is InChI=1S/C16H13N5OS/c1-11-5-7-12(8-6-11)22-10-14-20-21-15(18-19-16(21)23-14)13-4-2-3-9-17-13/h2-9H,10H2,1H3. The highest BCUT2D eigenvalue weighted by molar-refractivity contribution is 7.16. The van der Waals surface area contributed by atoms with Crippen LogP contribution in [0.4, 0.5) is 0 Å². The predicted octanol–water partition coefficient (Wildman–Crippen LogP) is 3.14. The summed E-state index contributed by atoms with van der Waals surface area (Å²) in [5, 5.41) is 13.7. The number of rotatable bonds is 4. The number of aryl methyl sites for hydroxylation is 1. The summed E-state index contributed by atoms with van der Waals surface area (Å²) in [6.07, 6.45) is 1.73. The Bertz CT molecular complexity index is 930. The number of fused-ring (bicyclic) bond motifs is 1. The fraction of sp³-hybridized carbons (Fsp3) is 0.125. The van der Waals surface area contributed by atoms with Gasteiger partial charge in [0.1, 0.15) is 18.1 Å². The molecule has 0 amide bonds. The first kappa shape index (κ1) is 13.8. The second-order valence-electron chi connectivity index (χ2n) is 5.03. The van der Waals surface area contributed by atoms with E-state index in [-0.39, 0.29) is 0 Å². The van der Waals surface area contributed by atoms with Crippen LogP contribution in [0.2, 0.25) is 0 Å². The maximum Gasteiger partial charge on any atom is 0.235 e. The zero-order valence-corrected chi connectivity index (χ0v) is 13.2. The average molecular weight is 323 g/mol. The first-order valence-corrected chi connectivity index (χ1v) is 7.93. The monoisotopic (exact) mass is 323 g/mol. The second kappa shape index (κ2) is 5.77. The summed E-state index contributed by atoms with van der Waals surface area (Å²) in [5.41, 5.74) is 1.95. The highest BCUT2D eigenvalue weighted by Crippen LogP contribution is 2.21. The molecule has 0 fully saturated rings. The highest BCUT2D eigenvalue weighted by Gasteiger charge is 2.14. The Labute approximate surface area is 136 Å². The van der Waals surface area contributed by atoms with Gasteiger partial charge in [0.25, 0.3) is 0 Å². The van der Waals surface area contributed by atoms with Gasteiger partial charge in [-0.2, -0.15) is 9.61 Å². The molecule has 114 valence electrons. The molecule has 0 N–H and O–H groups in total. The molecule has 0 aliphatic heterocycles. The Balaban J connectivity index is 1.57. The van der Waals surface area contributed by atoms with Crippen molar-refractivity contribution in [2.75, 3.05) is 0 Å². The second-order valence-corrected chi connectivity index (χ2v) is 6.07. The molecule has 1 aromatic carbocycles. The molecule has 7 heteroatoms. The molecule has 0 atom stereocenters. The van der Waals surface area contributed by atoms with Gasteiger partial charge in [0.05, 0.1) is 0 Å². The van der Waals surface area contributed by atoms with Crippen LogP contribution in [0.25, 0.3) is 16.5 Å². The third-order valence-electron chi connectivity index (χ3n) is 3.31. The van der Waals surface area contributed by atoms with Crippen molar-refractivity contribution in [2.24, 2.45) is 0 Å². The normalized spacial score (nSPS) is 11.0. The Hall–Kier alpha value is -2.80. The number of pyridine rings is 1. The van der Waals surface area contributed by atoms with Gasteiger partial charge in [0, 0.05) is 6.20 Å². The first-order valence-electron chi connectivity index (χ1n) is 7.11. The molecule has 23 heavy (non-hydrogen) atoms. The highest BCUT2D eigenvalue weighted by atomic mass is 32.1. The van der Waals surface area contributed by atoms with Crippen LogP contribution in [0.5, 0.6) is 5.75 Å². The van der Waals surface area contributed by atoms with E-state index < -0.39 is 0 Å². The Morgan fingerprint density at radius 2 is 1.96 bits per heavy atom. The van der Waals surface area contributed by atoms with Crippen LogP contribution < -0.4 is 4.74 Å². The lowest BCUT2D eigenvalue weighted by atomic mass is 10.2. The molecule has 0 aliphatic rings. The first-order chi connectivity index (χ1) is 11.3. The van der Waals surface area contributed by atoms with Gasteiger partial charge in [-0.05, 0) is 31.2 Å². The van der Waals surface area contributed by atoms with Crippen LogP contribution in [0.1, 0.15) is 10.6 Å². The molecule has 0 bridgehead atoms. The number of nitrogens with zero attached hydrogens (tertiary/aromatic N) is 5. The van der Waals surface area contributed by atoms with Crippen LogP contribution in [-0.2, 0) is 6.61 Å². The lowest BCUT2D eigenvalue weighted by Gasteiger charge is -2.03. The molecule has 0 aliphatic carbocycles. The number of hydrogen-bond acceptors (Lipinski definition) is 6. The largest absolute Gasteiger partial charge is 0.486 e. The Morgan fingerprint density at radius 3 is 2.74 bits per heavy atom. The Morgan fingerprint density at radius 1 is 1.09 bits per heavy atom. The van der Waals surface area contributed by atoms with Crippen LogP contribution in [0.15, 0.2) is 48.7 Å². The van der Waals surface area contributed by atoms with Crippen molar-refractivity contribution < 1.29 is 4.74 Å². The molecule has 0 saturated carbocycles. The van der Waals surface area contributed by atoms with E-state index in [4.69, 9.17) is 4.74 Å². The summed E-state index contributed by atoms with van der Waals surface area (Å²) in [7, 11) is 0. The smallest absolute Gasteiger partial charge is 0.235 e. The summed E-state index contributed by atoms with van der Waals surface area (Å²) in [5.74, 6) is 1.46. The molecule has 3 aromatic heterocycles. The van der Waals surface area contributed by atoms with E-state index in [1.165, 1.54) is 16.9 Å². The number of benzene rings is 1. The van der Waals surface area contributed by atoms with Gasteiger partial charge in [-0.25, -0.2) is 0 Å². The predicted molar refractivity (Wildman–Crippen MR) is 87.4 cm³/mol. The van der Waals surface area contributed by atoms with E-state index in [9.17, 15) is 0 Å². The van der Waals surface area contributed by atoms with Crippen LogP contribution >= 0.6 is 11.3 Å². The van der Waals surface area contributed by atoms with Crippen molar-refractivity contribution in [1.29, 1.82) is 0 Å². The lowest BCUT2D eigenvalue weighted by Crippen LogP contribution is -1.98. The molecule has 0 spiro atoms. The van der Waals surface area contributed by atoms with Crippen molar-refractivity contribution in [1.82, 2.24) is 24.8 Å². The van der Waals surface area contributed by atoms with Gasteiger partial charge < -0.3 is 4.74 Å². The summed E-state index contributed by atoms with van der Waals surface area (Å²) < 4.78 is 7.47. The zero-order valence-electron chi connectivity index (χ0n) is 12.4. The molecule has 4 aromatic rings. The van der Waals surface area contributed by atoms with E-state index in [0.29, 0.717) is 12.4 Å². The molecule has 6 nitrogen and oxygen atoms in total. The van der Waals surface area contributed by atoms with Gasteiger partial charge in [0.2, 0.25) is 10.8 Å². The molecular formula is C16H13N5OS. The molecule has 0 saturated heterocycles. The van der Waals surface area contributed by atoms with E-state index in [0.717, 1.165) is 21.4 Å². The number of hydrogen-bond donors (Lipinski definition) is 0. The third kappa shape index (κ3) is 2.78. The average Bonchev–Trinajstić information content (AvgIpc) is 3.15. The SMILES string of the molecule is Cc1ccc(OCc2nn3c(-c4ccccn4)nnc3s2)cc1. The van der Waals surface area contributed by atoms with Crippen molar-refractivity contribution in [2.45, 2.75) is 13.5 Å². The Kier molecular flexibility index (Phi) is 3.47. The van der Waals surface area contributed by atoms with E-state index in [2.05, 4.69) is 20.3 Å². The lowest BCUT2D eigenvalue weighted by molar-refractivity contribution is 0.304. The van der Waals surface area contributed by atoms with Crippen molar-refractivity contribution in [3.63, 3.8) is 0 Å². The maximum absolute atomic E-state index is 5.76. The molecule has 0 unspecified atom stereocenters. The zero-order chi connectivity index (χ0) is 15.6. The van der Waals surface area contributed by atoms with Gasteiger partial charge in [0.15, 0.2) is 5.01 Å². The van der Waals surface area contributed by atoms with Crippen molar-refractivity contribution in [3.8, 4) is 17.3 Å². The molecule has 4 rings (SSSR count). The van der Waals surface area contributed by atoms with Crippen LogP contribution in [-0.4, -0.2) is 24.8 Å². The summed E-state index contributed by atoms with van der Waals surface area (Å²) >= 11 is 1.46.